The minimum Gasteiger partial charge on any atom is -0.427 e. The minimum atomic E-state index is -0.404. The Morgan fingerprint density at radius 2 is 1.52 bits per heavy atom. The van der Waals surface area contributed by atoms with Crippen LogP contribution in [-0.4, -0.2) is 53.8 Å². The molecule has 6 rings (SSSR count). The van der Waals surface area contributed by atoms with Crippen molar-refractivity contribution in [2.75, 3.05) is 26.2 Å². The monoisotopic (exact) mass is 424 g/mol. The highest BCUT2D eigenvalue weighted by Gasteiger charge is 2.55. The maximum atomic E-state index is 13.7. The first-order valence-electron chi connectivity index (χ1n) is 11.8. The molecule has 4 saturated carbocycles. The average Bonchev–Trinajstić information content (AvgIpc) is 2.97. The van der Waals surface area contributed by atoms with Crippen LogP contribution in [0.3, 0.4) is 0 Å². The van der Waals surface area contributed by atoms with Gasteiger partial charge in [0.05, 0.1) is 5.41 Å². The van der Waals surface area contributed by atoms with Crippen LogP contribution in [0.2, 0.25) is 0 Å². The Balaban J connectivity index is 1.25. The Hall–Kier alpha value is -2.37. The van der Waals surface area contributed by atoms with Gasteiger partial charge < -0.3 is 14.5 Å². The zero-order chi connectivity index (χ0) is 21.6. The maximum Gasteiger partial charge on any atom is 0.308 e. The van der Waals surface area contributed by atoms with Crippen molar-refractivity contribution in [2.24, 2.45) is 23.2 Å². The van der Waals surface area contributed by atoms with Crippen molar-refractivity contribution in [2.45, 2.75) is 51.9 Å². The zero-order valence-corrected chi connectivity index (χ0v) is 18.3. The predicted octanol–water partition coefficient (Wildman–Crippen LogP) is 3.50. The van der Waals surface area contributed by atoms with Crippen LogP contribution in [0.1, 0.15) is 62.2 Å². The zero-order valence-electron chi connectivity index (χ0n) is 18.3. The van der Waals surface area contributed by atoms with Crippen LogP contribution < -0.4 is 4.74 Å². The molecule has 0 spiro atoms. The summed E-state index contributed by atoms with van der Waals surface area (Å²) in [5.74, 6) is 2.53. The molecule has 0 atom stereocenters. The topological polar surface area (TPSA) is 66.9 Å². The van der Waals surface area contributed by atoms with Gasteiger partial charge >= 0.3 is 5.97 Å². The van der Waals surface area contributed by atoms with E-state index in [-0.39, 0.29) is 11.3 Å². The molecule has 1 heterocycles. The van der Waals surface area contributed by atoms with Gasteiger partial charge in [-0.1, -0.05) is 6.07 Å². The van der Waals surface area contributed by atoms with Crippen molar-refractivity contribution in [3.05, 3.63) is 29.8 Å². The van der Waals surface area contributed by atoms with Gasteiger partial charge in [-0.05, 0) is 80.9 Å². The number of rotatable bonds is 3. The Morgan fingerprint density at radius 1 is 0.903 bits per heavy atom. The van der Waals surface area contributed by atoms with Crippen molar-refractivity contribution >= 4 is 17.8 Å². The van der Waals surface area contributed by atoms with Gasteiger partial charge in [0.1, 0.15) is 5.75 Å². The summed E-state index contributed by atoms with van der Waals surface area (Å²) in [6.07, 6.45) is 8.05. The molecule has 31 heavy (non-hydrogen) atoms. The lowest BCUT2D eigenvalue weighted by atomic mass is 9.49. The number of hydrogen-bond acceptors (Lipinski definition) is 4. The Kier molecular flexibility index (Phi) is 5.27. The maximum absolute atomic E-state index is 13.7. The molecular formula is C25H32N2O4. The number of ether oxygens (including phenoxy) is 1. The van der Waals surface area contributed by atoms with Gasteiger partial charge in [0, 0.05) is 38.7 Å². The molecule has 0 aromatic heterocycles. The number of amides is 2. The summed E-state index contributed by atoms with van der Waals surface area (Å²) in [7, 11) is 0. The lowest BCUT2D eigenvalue weighted by molar-refractivity contribution is -0.157. The van der Waals surface area contributed by atoms with Crippen LogP contribution in [0.25, 0.3) is 0 Å². The fraction of sp³-hybridized carbons (Fsp3) is 0.640. The molecule has 1 aromatic carbocycles. The standard InChI is InChI=1S/C25H32N2O4/c1-17(28)31-22-5-2-4-21(13-22)23(29)26-6-3-7-27(9-8-26)24(30)25-14-18-10-19(15-25)12-20(11-18)16-25/h2,4-5,13,18-20H,3,6-12,14-16H2,1H3. The van der Waals surface area contributed by atoms with E-state index in [1.54, 1.807) is 24.3 Å². The fourth-order valence-electron chi connectivity index (χ4n) is 7.07. The molecule has 166 valence electrons. The van der Waals surface area contributed by atoms with Gasteiger partial charge in [-0.25, -0.2) is 0 Å². The predicted molar refractivity (Wildman–Crippen MR) is 115 cm³/mol. The second-order valence-electron chi connectivity index (χ2n) is 10.3. The van der Waals surface area contributed by atoms with Crippen molar-refractivity contribution in [1.82, 2.24) is 9.80 Å². The van der Waals surface area contributed by atoms with E-state index < -0.39 is 5.97 Å². The summed E-state index contributed by atoms with van der Waals surface area (Å²) in [4.78, 5) is 41.8. The van der Waals surface area contributed by atoms with Crippen LogP contribution in [0, 0.1) is 23.2 Å². The quantitative estimate of drug-likeness (QED) is 0.550. The molecule has 5 fully saturated rings. The highest BCUT2D eigenvalue weighted by Crippen LogP contribution is 2.60. The normalized spacial score (nSPS) is 32.0. The number of benzene rings is 1. The molecule has 5 aliphatic rings. The highest BCUT2D eigenvalue weighted by atomic mass is 16.5. The lowest BCUT2D eigenvalue weighted by Gasteiger charge is -2.56. The SMILES string of the molecule is CC(=O)Oc1cccc(C(=O)N2CCCN(C(=O)C34CC5CC(CC(C5)C3)C4)CC2)c1. The molecule has 4 bridgehead atoms. The third-order valence-corrected chi connectivity index (χ3v) is 7.90. The minimum absolute atomic E-state index is 0.0712. The lowest BCUT2D eigenvalue weighted by Crippen LogP contribution is -2.55. The summed E-state index contributed by atoms with van der Waals surface area (Å²) < 4.78 is 5.12. The Morgan fingerprint density at radius 3 is 2.16 bits per heavy atom. The summed E-state index contributed by atoms with van der Waals surface area (Å²) in [5, 5.41) is 0. The second-order valence-corrected chi connectivity index (χ2v) is 10.3. The van der Waals surface area contributed by atoms with Crippen molar-refractivity contribution < 1.29 is 19.1 Å². The first kappa shape index (κ1) is 20.5. The van der Waals surface area contributed by atoms with Crippen molar-refractivity contribution in [1.29, 1.82) is 0 Å². The third-order valence-electron chi connectivity index (χ3n) is 7.90. The van der Waals surface area contributed by atoms with Crippen LogP contribution in [0.15, 0.2) is 24.3 Å². The summed E-state index contributed by atoms with van der Waals surface area (Å²) in [5.41, 5.74) is 0.395. The molecule has 6 nitrogen and oxygen atoms in total. The summed E-state index contributed by atoms with van der Waals surface area (Å²) >= 11 is 0. The molecule has 0 N–H and O–H groups in total. The molecule has 4 aliphatic carbocycles. The molecule has 1 saturated heterocycles. The molecule has 0 radical (unpaired) electrons. The Labute approximate surface area is 183 Å². The molecule has 2 amide bonds. The van der Waals surface area contributed by atoms with E-state index in [4.69, 9.17) is 4.74 Å². The van der Waals surface area contributed by atoms with Gasteiger partial charge in [0.15, 0.2) is 0 Å². The van der Waals surface area contributed by atoms with E-state index in [2.05, 4.69) is 4.90 Å². The van der Waals surface area contributed by atoms with Crippen LogP contribution in [-0.2, 0) is 9.59 Å². The number of carbonyl (C=O) groups excluding carboxylic acids is 3. The third kappa shape index (κ3) is 3.97. The van der Waals surface area contributed by atoms with Crippen molar-refractivity contribution in [3.8, 4) is 5.75 Å². The van der Waals surface area contributed by atoms with Gasteiger partial charge in [0.25, 0.3) is 5.91 Å². The second kappa shape index (κ2) is 7.95. The van der Waals surface area contributed by atoms with Crippen molar-refractivity contribution in [3.63, 3.8) is 0 Å². The highest BCUT2D eigenvalue weighted by molar-refractivity contribution is 5.95. The van der Waals surface area contributed by atoms with Gasteiger partial charge in [-0.3, -0.25) is 14.4 Å². The van der Waals surface area contributed by atoms with Crippen LogP contribution in [0.4, 0.5) is 0 Å². The molecule has 0 unspecified atom stereocenters. The van der Waals surface area contributed by atoms with E-state index in [0.29, 0.717) is 36.9 Å². The van der Waals surface area contributed by atoms with E-state index in [9.17, 15) is 14.4 Å². The number of hydrogen-bond donors (Lipinski definition) is 0. The van der Waals surface area contributed by atoms with Crippen LogP contribution >= 0.6 is 0 Å². The molecule has 1 aromatic rings. The smallest absolute Gasteiger partial charge is 0.308 e. The Bertz CT molecular complexity index is 860. The van der Waals surface area contributed by atoms with E-state index >= 15 is 0 Å². The average molecular weight is 425 g/mol. The summed E-state index contributed by atoms with van der Waals surface area (Å²) in [6.45, 7) is 3.88. The number of esters is 1. The van der Waals surface area contributed by atoms with E-state index in [1.807, 2.05) is 4.90 Å². The number of nitrogens with zero attached hydrogens (tertiary/aromatic N) is 2. The number of carbonyl (C=O) groups is 3. The van der Waals surface area contributed by atoms with E-state index in [0.717, 1.165) is 50.0 Å². The summed E-state index contributed by atoms with van der Waals surface area (Å²) in [6, 6.07) is 6.77. The van der Waals surface area contributed by atoms with Gasteiger partial charge in [0.2, 0.25) is 5.91 Å². The van der Waals surface area contributed by atoms with E-state index in [1.165, 1.54) is 26.2 Å². The van der Waals surface area contributed by atoms with Crippen LogP contribution in [0.5, 0.6) is 5.75 Å². The van der Waals surface area contributed by atoms with Gasteiger partial charge in [-0.15, -0.1) is 0 Å². The van der Waals surface area contributed by atoms with Gasteiger partial charge in [-0.2, -0.15) is 0 Å². The molecule has 6 heteroatoms. The molecular weight excluding hydrogens is 392 g/mol. The first-order valence-corrected chi connectivity index (χ1v) is 11.8. The first-order chi connectivity index (χ1) is 14.9. The fourth-order valence-corrected chi connectivity index (χ4v) is 7.07. The largest absolute Gasteiger partial charge is 0.427 e. The molecule has 1 aliphatic heterocycles.